The van der Waals surface area contributed by atoms with Crippen molar-refractivity contribution < 1.29 is 28.6 Å². The Morgan fingerprint density at radius 3 is 2.55 bits per heavy atom. The van der Waals surface area contributed by atoms with E-state index >= 15 is 0 Å². The summed E-state index contributed by atoms with van der Waals surface area (Å²) in [6.07, 6.45) is 3.96. The van der Waals surface area contributed by atoms with Crippen molar-refractivity contribution >= 4 is 23.3 Å². The summed E-state index contributed by atoms with van der Waals surface area (Å²) in [7, 11) is 0. The van der Waals surface area contributed by atoms with Gasteiger partial charge in [0.25, 0.3) is 5.91 Å². The van der Waals surface area contributed by atoms with Gasteiger partial charge in [0.15, 0.2) is 23.9 Å². The van der Waals surface area contributed by atoms with Gasteiger partial charge in [-0.05, 0) is 48.6 Å². The fourth-order valence-corrected chi connectivity index (χ4v) is 3.76. The van der Waals surface area contributed by atoms with E-state index in [2.05, 4.69) is 5.32 Å². The van der Waals surface area contributed by atoms with Crippen LogP contribution in [0.2, 0.25) is 0 Å². The maximum Gasteiger partial charge on any atom is 0.306 e. The summed E-state index contributed by atoms with van der Waals surface area (Å²) >= 11 is 0. The number of anilines is 1. The van der Waals surface area contributed by atoms with Crippen molar-refractivity contribution in [3.8, 4) is 11.5 Å². The predicted molar refractivity (Wildman–Crippen MR) is 114 cm³/mol. The molecule has 0 atom stereocenters. The second-order valence-electron chi connectivity index (χ2n) is 7.68. The molecule has 7 nitrogen and oxygen atoms in total. The van der Waals surface area contributed by atoms with Crippen LogP contribution in [0.3, 0.4) is 0 Å². The molecule has 162 valence electrons. The molecule has 2 aliphatic rings. The van der Waals surface area contributed by atoms with Gasteiger partial charge in [0, 0.05) is 30.2 Å². The van der Waals surface area contributed by atoms with Crippen LogP contribution in [0.25, 0.3) is 0 Å². The van der Waals surface area contributed by atoms with Gasteiger partial charge in [-0.1, -0.05) is 12.1 Å². The molecule has 0 unspecified atom stereocenters. The first kappa shape index (κ1) is 20.9. The highest BCUT2D eigenvalue weighted by molar-refractivity contribution is 5.98. The lowest BCUT2D eigenvalue weighted by atomic mass is 10.0. The number of aryl methyl sites for hydroxylation is 2. The van der Waals surface area contributed by atoms with E-state index in [9.17, 15) is 14.4 Å². The van der Waals surface area contributed by atoms with Crippen LogP contribution in [0.15, 0.2) is 36.4 Å². The number of benzene rings is 2. The number of amides is 1. The van der Waals surface area contributed by atoms with E-state index in [1.165, 1.54) is 11.1 Å². The topological polar surface area (TPSA) is 90.9 Å². The molecule has 31 heavy (non-hydrogen) atoms. The van der Waals surface area contributed by atoms with Crippen molar-refractivity contribution in [2.75, 3.05) is 25.1 Å². The molecule has 4 rings (SSSR count). The van der Waals surface area contributed by atoms with E-state index in [1.807, 2.05) is 18.2 Å². The van der Waals surface area contributed by atoms with Gasteiger partial charge in [0.2, 0.25) is 0 Å². The van der Waals surface area contributed by atoms with Crippen molar-refractivity contribution in [2.24, 2.45) is 0 Å². The Hall–Kier alpha value is -3.35. The van der Waals surface area contributed by atoms with E-state index in [4.69, 9.17) is 14.2 Å². The number of ketones is 1. The Kier molecular flexibility index (Phi) is 6.50. The third-order valence-electron chi connectivity index (χ3n) is 5.37. The zero-order chi connectivity index (χ0) is 21.6. The third-order valence-corrected chi connectivity index (χ3v) is 5.37. The normalized spacial score (nSPS) is 14.3. The molecule has 0 aromatic heterocycles. The van der Waals surface area contributed by atoms with Crippen molar-refractivity contribution in [1.29, 1.82) is 0 Å². The van der Waals surface area contributed by atoms with E-state index in [0.717, 1.165) is 25.7 Å². The molecule has 1 heterocycles. The van der Waals surface area contributed by atoms with Crippen LogP contribution in [0, 0.1) is 0 Å². The molecule has 2 aromatic rings. The van der Waals surface area contributed by atoms with Gasteiger partial charge in [-0.2, -0.15) is 0 Å². The van der Waals surface area contributed by atoms with Crippen LogP contribution >= 0.6 is 0 Å². The Morgan fingerprint density at radius 2 is 1.68 bits per heavy atom. The number of nitrogens with one attached hydrogen (secondary N) is 1. The lowest BCUT2D eigenvalue weighted by Gasteiger charge is -2.10. The Morgan fingerprint density at radius 1 is 0.871 bits per heavy atom. The second kappa shape index (κ2) is 9.64. The van der Waals surface area contributed by atoms with Crippen molar-refractivity contribution in [1.82, 2.24) is 0 Å². The number of rotatable bonds is 7. The molecule has 0 bridgehead atoms. The highest BCUT2D eigenvalue weighted by Gasteiger charge is 2.16. The zero-order valence-electron chi connectivity index (χ0n) is 17.3. The molecule has 1 amide bonds. The minimum atomic E-state index is -0.580. The minimum Gasteiger partial charge on any atom is -0.490 e. The van der Waals surface area contributed by atoms with Crippen LogP contribution in [0.4, 0.5) is 5.69 Å². The van der Waals surface area contributed by atoms with Crippen LogP contribution in [-0.4, -0.2) is 37.5 Å². The van der Waals surface area contributed by atoms with Crippen molar-refractivity contribution in [3.63, 3.8) is 0 Å². The van der Waals surface area contributed by atoms with Crippen LogP contribution in [0.1, 0.15) is 47.2 Å². The van der Waals surface area contributed by atoms with Gasteiger partial charge in [-0.3, -0.25) is 14.4 Å². The highest BCUT2D eigenvalue weighted by Crippen LogP contribution is 2.32. The van der Waals surface area contributed by atoms with Crippen molar-refractivity contribution in [2.45, 2.75) is 38.5 Å². The monoisotopic (exact) mass is 423 g/mol. The SMILES string of the molecule is O=C(COC(=O)CCC(=O)c1ccc2c(c1)CCC2)Nc1ccc2c(c1)OCCCO2. The van der Waals surface area contributed by atoms with E-state index < -0.39 is 18.5 Å². The van der Waals surface area contributed by atoms with Gasteiger partial charge < -0.3 is 19.5 Å². The number of ether oxygens (including phenoxy) is 3. The molecule has 0 saturated carbocycles. The molecule has 1 N–H and O–H groups in total. The average Bonchev–Trinajstić information content (AvgIpc) is 3.12. The molecule has 7 heteroatoms. The summed E-state index contributed by atoms with van der Waals surface area (Å²) in [6.45, 7) is 0.718. The minimum absolute atomic E-state index is 0.0569. The first-order valence-corrected chi connectivity index (χ1v) is 10.6. The first-order valence-electron chi connectivity index (χ1n) is 10.6. The standard InChI is InChI=1S/C24H25NO6/c26-20(18-6-5-16-3-1-4-17(16)13-18)8-10-24(28)31-15-23(27)25-19-7-9-21-22(14-19)30-12-2-11-29-21/h5-7,9,13-14H,1-4,8,10-12,15H2,(H,25,27). The largest absolute Gasteiger partial charge is 0.490 e. The molecule has 1 aliphatic heterocycles. The molecule has 0 spiro atoms. The zero-order valence-corrected chi connectivity index (χ0v) is 17.3. The Balaban J connectivity index is 1.21. The fraction of sp³-hybridized carbons (Fsp3) is 0.375. The number of hydrogen-bond donors (Lipinski definition) is 1. The molecule has 1 aliphatic carbocycles. The maximum absolute atomic E-state index is 12.4. The third kappa shape index (κ3) is 5.42. The van der Waals surface area contributed by atoms with Gasteiger partial charge >= 0.3 is 5.97 Å². The Labute approximate surface area is 180 Å². The quantitative estimate of drug-likeness (QED) is 0.542. The summed E-state index contributed by atoms with van der Waals surface area (Å²) < 4.78 is 16.2. The maximum atomic E-state index is 12.4. The highest BCUT2D eigenvalue weighted by atomic mass is 16.5. The molecular weight excluding hydrogens is 398 g/mol. The number of carbonyl (C=O) groups excluding carboxylic acids is 3. The van der Waals surface area contributed by atoms with Crippen LogP contribution < -0.4 is 14.8 Å². The summed E-state index contributed by atoms with van der Waals surface area (Å²) in [4.78, 5) is 36.4. The van der Waals surface area contributed by atoms with Gasteiger partial charge in [-0.25, -0.2) is 0 Å². The van der Waals surface area contributed by atoms with Gasteiger partial charge in [-0.15, -0.1) is 0 Å². The van der Waals surface area contributed by atoms with E-state index in [0.29, 0.717) is 36.0 Å². The number of fused-ring (bicyclic) bond motifs is 2. The summed E-state index contributed by atoms with van der Waals surface area (Å²) in [6, 6.07) is 10.8. The summed E-state index contributed by atoms with van der Waals surface area (Å²) in [5, 5.41) is 2.66. The van der Waals surface area contributed by atoms with Gasteiger partial charge in [0.1, 0.15) is 0 Å². The van der Waals surface area contributed by atoms with Crippen molar-refractivity contribution in [3.05, 3.63) is 53.1 Å². The summed E-state index contributed by atoms with van der Waals surface area (Å²) in [5.41, 5.74) is 3.67. The van der Waals surface area contributed by atoms with Crippen LogP contribution in [-0.2, 0) is 27.2 Å². The second-order valence-corrected chi connectivity index (χ2v) is 7.68. The smallest absolute Gasteiger partial charge is 0.306 e. The predicted octanol–water partition coefficient (Wildman–Crippen LogP) is 3.48. The number of carbonyl (C=O) groups is 3. The number of esters is 1. The Bertz CT molecular complexity index is 1000. The molecule has 0 saturated heterocycles. The fourth-order valence-electron chi connectivity index (χ4n) is 3.76. The van der Waals surface area contributed by atoms with E-state index in [-0.39, 0.29) is 18.6 Å². The molecular formula is C24H25NO6. The lowest BCUT2D eigenvalue weighted by molar-refractivity contribution is -0.147. The van der Waals surface area contributed by atoms with Crippen LogP contribution in [0.5, 0.6) is 11.5 Å². The number of Topliss-reactive ketones (excluding diaryl/α,β-unsaturated/α-hetero) is 1. The van der Waals surface area contributed by atoms with E-state index in [1.54, 1.807) is 18.2 Å². The molecule has 0 radical (unpaired) electrons. The average molecular weight is 423 g/mol. The summed E-state index contributed by atoms with van der Waals surface area (Å²) in [5.74, 6) is 0.0618. The van der Waals surface area contributed by atoms with Gasteiger partial charge in [0.05, 0.1) is 19.6 Å². The lowest BCUT2D eigenvalue weighted by Crippen LogP contribution is -2.21. The molecule has 0 fully saturated rings. The molecule has 2 aromatic carbocycles. The number of hydrogen-bond acceptors (Lipinski definition) is 6. The first-order chi connectivity index (χ1) is 15.1.